The summed E-state index contributed by atoms with van der Waals surface area (Å²) >= 11 is 6.53. The molecule has 4 aromatic heterocycles. The average Bonchev–Trinajstić information content (AvgIpc) is 2.85. The van der Waals surface area contributed by atoms with Gasteiger partial charge in [-0.3, -0.25) is 19.3 Å². The van der Waals surface area contributed by atoms with Crippen LogP contribution in [0.1, 0.15) is 48.1 Å². The molecule has 0 spiro atoms. The largest absolute Gasteiger partial charge is 0.485 e. The molecule has 39 heavy (non-hydrogen) atoms. The lowest BCUT2D eigenvalue weighted by Crippen LogP contribution is -2.33. The maximum atomic E-state index is 14.3. The Hall–Kier alpha value is -3.73. The third kappa shape index (κ3) is 5.40. The van der Waals surface area contributed by atoms with E-state index >= 15 is 0 Å². The van der Waals surface area contributed by atoms with Crippen molar-refractivity contribution in [1.82, 2.24) is 24.5 Å². The average molecular weight is 552 g/mol. The van der Waals surface area contributed by atoms with Gasteiger partial charge in [-0.2, -0.15) is 0 Å². The Labute approximate surface area is 229 Å². The summed E-state index contributed by atoms with van der Waals surface area (Å²) in [6.45, 7) is 7.44. The molecule has 0 unspecified atom stereocenters. The van der Waals surface area contributed by atoms with E-state index in [1.165, 1.54) is 10.6 Å². The predicted octanol–water partition coefficient (Wildman–Crippen LogP) is 4.41. The Kier molecular flexibility index (Phi) is 7.19. The van der Waals surface area contributed by atoms with Gasteiger partial charge in [-0.1, -0.05) is 11.6 Å². The van der Waals surface area contributed by atoms with Gasteiger partial charge in [-0.05, 0) is 57.0 Å². The van der Waals surface area contributed by atoms with Crippen LogP contribution >= 0.6 is 11.6 Å². The van der Waals surface area contributed by atoms with Crippen molar-refractivity contribution in [3.63, 3.8) is 0 Å². The zero-order valence-corrected chi connectivity index (χ0v) is 22.7. The fourth-order valence-electron chi connectivity index (χ4n) is 4.15. The maximum absolute atomic E-state index is 14.3. The van der Waals surface area contributed by atoms with Crippen LogP contribution in [0.3, 0.4) is 0 Å². The molecule has 1 aliphatic rings. The summed E-state index contributed by atoms with van der Waals surface area (Å²) in [4.78, 5) is 30.9. The zero-order valence-electron chi connectivity index (χ0n) is 21.9. The van der Waals surface area contributed by atoms with Crippen LogP contribution in [0.5, 0.6) is 5.75 Å². The number of aliphatic hydroxyl groups is 1. The van der Waals surface area contributed by atoms with E-state index in [4.69, 9.17) is 21.1 Å². The minimum absolute atomic E-state index is 0.0802. The lowest BCUT2D eigenvalue weighted by molar-refractivity contribution is 0.00564. The molecule has 5 rings (SSSR count). The van der Waals surface area contributed by atoms with E-state index < -0.39 is 17.0 Å². The molecule has 0 amide bonds. The van der Waals surface area contributed by atoms with Crippen LogP contribution in [0.4, 0.5) is 4.39 Å². The van der Waals surface area contributed by atoms with E-state index in [0.29, 0.717) is 41.5 Å². The van der Waals surface area contributed by atoms with Gasteiger partial charge >= 0.3 is 0 Å². The van der Waals surface area contributed by atoms with Gasteiger partial charge in [0.15, 0.2) is 5.82 Å². The molecule has 1 fully saturated rings. The molecule has 9 nitrogen and oxygen atoms in total. The molecular formula is C28H27ClFN5O4. The van der Waals surface area contributed by atoms with Crippen molar-refractivity contribution in [1.29, 1.82) is 0 Å². The first-order valence-corrected chi connectivity index (χ1v) is 12.7. The van der Waals surface area contributed by atoms with E-state index in [2.05, 4.69) is 19.9 Å². The Morgan fingerprint density at radius 2 is 1.92 bits per heavy atom. The molecule has 4 aromatic rings. The number of aryl methyl sites for hydroxylation is 2. The Morgan fingerprint density at radius 1 is 1.15 bits per heavy atom. The van der Waals surface area contributed by atoms with Crippen LogP contribution in [0.25, 0.3) is 17.1 Å². The van der Waals surface area contributed by atoms with Gasteiger partial charge in [0.25, 0.3) is 5.56 Å². The molecule has 0 aromatic carbocycles. The van der Waals surface area contributed by atoms with E-state index in [1.807, 2.05) is 6.92 Å². The molecular weight excluding hydrogens is 525 g/mol. The Morgan fingerprint density at radius 3 is 2.59 bits per heavy atom. The van der Waals surface area contributed by atoms with Gasteiger partial charge in [-0.25, -0.2) is 14.4 Å². The normalized spacial score (nSPS) is 13.8. The highest BCUT2D eigenvalue weighted by Gasteiger charge is 2.28. The van der Waals surface area contributed by atoms with E-state index in [9.17, 15) is 14.3 Å². The van der Waals surface area contributed by atoms with Crippen LogP contribution in [0.15, 0.2) is 47.7 Å². The first-order valence-electron chi connectivity index (χ1n) is 12.3. The molecule has 1 saturated heterocycles. The van der Waals surface area contributed by atoms with Gasteiger partial charge in [0, 0.05) is 36.3 Å². The van der Waals surface area contributed by atoms with Crippen molar-refractivity contribution in [2.75, 3.05) is 13.2 Å². The summed E-state index contributed by atoms with van der Waals surface area (Å²) in [6, 6.07) is 6.50. The van der Waals surface area contributed by atoms with Crippen LogP contribution in [-0.4, -0.2) is 42.8 Å². The van der Waals surface area contributed by atoms with Gasteiger partial charge in [0.2, 0.25) is 0 Å². The lowest BCUT2D eigenvalue weighted by atomic mass is 10.0. The minimum Gasteiger partial charge on any atom is -0.485 e. The first kappa shape index (κ1) is 26.9. The second kappa shape index (κ2) is 10.4. The third-order valence-electron chi connectivity index (χ3n) is 6.40. The number of rotatable bonds is 7. The van der Waals surface area contributed by atoms with E-state index in [1.54, 1.807) is 57.6 Å². The van der Waals surface area contributed by atoms with Gasteiger partial charge in [-0.15, -0.1) is 0 Å². The predicted molar refractivity (Wildman–Crippen MR) is 143 cm³/mol. The van der Waals surface area contributed by atoms with Crippen molar-refractivity contribution in [2.24, 2.45) is 0 Å². The summed E-state index contributed by atoms with van der Waals surface area (Å²) in [5.41, 5.74) is 1.99. The van der Waals surface area contributed by atoms with Crippen molar-refractivity contribution in [3.8, 4) is 22.8 Å². The SMILES string of the molecule is Cc1cnc(COc2cc(C3COC3)n(-c3cc(-c4ccnc(C(C)(C)O)n4)ncc3C)c(=O)c2Cl)c(F)c1. The quantitative estimate of drug-likeness (QED) is 0.359. The highest BCUT2D eigenvalue weighted by atomic mass is 35.5. The van der Waals surface area contributed by atoms with Crippen molar-refractivity contribution in [2.45, 2.75) is 45.8 Å². The zero-order chi connectivity index (χ0) is 27.9. The second-order valence-electron chi connectivity index (χ2n) is 10.0. The van der Waals surface area contributed by atoms with Crippen LogP contribution < -0.4 is 10.3 Å². The summed E-state index contributed by atoms with van der Waals surface area (Å²) < 4.78 is 27.1. The van der Waals surface area contributed by atoms with Gasteiger partial charge in [0.05, 0.1) is 30.3 Å². The summed E-state index contributed by atoms with van der Waals surface area (Å²) in [6.07, 6.45) is 4.74. The fraction of sp³-hybridized carbons (Fsp3) is 0.321. The van der Waals surface area contributed by atoms with Gasteiger partial charge in [0.1, 0.15) is 34.5 Å². The summed E-state index contributed by atoms with van der Waals surface area (Å²) in [7, 11) is 0. The van der Waals surface area contributed by atoms with Gasteiger partial charge < -0.3 is 14.6 Å². The Bertz CT molecular complexity index is 1620. The van der Waals surface area contributed by atoms with Crippen LogP contribution in [0.2, 0.25) is 5.02 Å². The minimum atomic E-state index is -1.24. The van der Waals surface area contributed by atoms with E-state index in [0.717, 1.165) is 5.56 Å². The van der Waals surface area contributed by atoms with E-state index in [-0.39, 0.29) is 34.8 Å². The monoisotopic (exact) mass is 551 g/mol. The number of pyridine rings is 3. The molecule has 0 atom stereocenters. The summed E-state index contributed by atoms with van der Waals surface area (Å²) in [5.74, 6) is -0.190. The number of halogens is 2. The number of ether oxygens (including phenoxy) is 2. The van der Waals surface area contributed by atoms with Crippen LogP contribution in [-0.2, 0) is 16.9 Å². The molecule has 0 saturated carbocycles. The first-order chi connectivity index (χ1) is 18.5. The highest BCUT2D eigenvalue weighted by Crippen LogP contribution is 2.33. The van der Waals surface area contributed by atoms with Crippen molar-refractivity contribution >= 4 is 11.6 Å². The number of nitrogens with zero attached hydrogens (tertiary/aromatic N) is 5. The molecule has 0 radical (unpaired) electrons. The molecule has 0 bridgehead atoms. The fourth-order valence-corrected chi connectivity index (χ4v) is 4.34. The summed E-state index contributed by atoms with van der Waals surface area (Å²) in [5, 5.41) is 10.2. The second-order valence-corrected chi connectivity index (χ2v) is 10.4. The van der Waals surface area contributed by atoms with Crippen LogP contribution in [0, 0.1) is 19.7 Å². The third-order valence-corrected chi connectivity index (χ3v) is 6.75. The maximum Gasteiger partial charge on any atom is 0.277 e. The standard InChI is InChI=1S/C28H27ClFN5O4/c1-15-7-18(30)21(32-10-15)14-39-24-9-23(17-12-38-13-17)35(26(36)25(24)29)22-8-20(33-11-16(22)2)19-5-6-31-27(34-19)28(3,4)37/h5-11,17,37H,12-14H2,1-4H3. The molecule has 0 aliphatic carbocycles. The molecule has 5 heterocycles. The number of hydrogen-bond donors (Lipinski definition) is 1. The lowest BCUT2D eigenvalue weighted by Gasteiger charge is -2.30. The molecule has 202 valence electrons. The molecule has 1 N–H and O–H groups in total. The number of aromatic nitrogens is 5. The smallest absolute Gasteiger partial charge is 0.277 e. The molecule has 1 aliphatic heterocycles. The number of hydrogen-bond acceptors (Lipinski definition) is 8. The molecule has 11 heteroatoms. The Balaban J connectivity index is 1.58. The topological polar surface area (TPSA) is 112 Å². The highest BCUT2D eigenvalue weighted by molar-refractivity contribution is 6.31. The van der Waals surface area contributed by atoms with Crippen molar-refractivity contribution < 1.29 is 19.0 Å². The van der Waals surface area contributed by atoms with Crippen molar-refractivity contribution in [3.05, 3.63) is 92.4 Å².